The van der Waals surface area contributed by atoms with Gasteiger partial charge in [0, 0.05) is 18.7 Å². The van der Waals surface area contributed by atoms with Crippen molar-refractivity contribution in [1.29, 1.82) is 0 Å². The molecule has 0 heterocycles. The van der Waals surface area contributed by atoms with Gasteiger partial charge in [0.15, 0.2) is 0 Å². The lowest BCUT2D eigenvalue weighted by atomic mass is 10.1. The van der Waals surface area contributed by atoms with Crippen LogP contribution in [-0.4, -0.2) is 26.4 Å². The highest BCUT2D eigenvalue weighted by Gasteiger charge is 2.14. The van der Waals surface area contributed by atoms with E-state index in [2.05, 4.69) is 24.4 Å². The highest BCUT2D eigenvalue weighted by atomic mass is 16.5. The van der Waals surface area contributed by atoms with Crippen LogP contribution >= 0.6 is 0 Å². The first kappa shape index (κ1) is 15.3. The van der Waals surface area contributed by atoms with E-state index in [1.165, 1.54) is 31.2 Å². The van der Waals surface area contributed by atoms with Crippen molar-refractivity contribution in [2.45, 2.75) is 39.2 Å². The van der Waals surface area contributed by atoms with Gasteiger partial charge in [-0.15, -0.1) is 0 Å². The summed E-state index contributed by atoms with van der Waals surface area (Å²) in [4.78, 5) is 0. The van der Waals surface area contributed by atoms with E-state index in [1.807, 2.05) is 12.1 Å². The molecule has 1 N–H and O–H groups in total. The van der Waals surface area contributed by atoms with Crippen LogP contribution in [0.15, 0.2) is 24.3 Å². The van der Waals surface area contributed by atoms with E-state index in [0.717, 1.165) is 31.4 Å². The summed E-state index contributed by atoms with van der Waals surface area (Å²) in [6.07, 6.45) is 5.43. The molecule has 1 fully saturated rings. The molecule has 0 atom stereocenters. The largest absolute Gasteiger partial charge is 0.491 e. The second kappa shape index (κ2) is 8.98. The van der Waals surface area contributed by atoms with Crippen molar-refractivity contribution in [3.05, 3.63) is 29.8 Å². The Kier molecular flexibility index (Phi) is 6.89. The molecule has 3 nitrogen and oxygen atoms in total. The van der Waals surface area contributed by atoms with Crippen molar-refractivity contribution in [3.63, 3.8) is 0 Å². The Balaban J connectivity index is 1.65. The Labute approximate surface area is 122 Å². The SMILES string of the molecule is CCNCc1ccccc1OCCOCC1CCCC1. The lowest BCUT2D eigenvalue weighted by Crippen LogP contribution is -2.15. The molecule has 112 valence electrons. The van der Waals surface area contributed by atoms with Crippen molar-refractivity contribution in [3.8, 4) is 5.75 Å². The van der Waals surface area contributed by atoms with Crippen molar-refractivity contribution < 1.29 is 9.47 Å². The van der Waals surface area contributed by atoms with Crippen LogP contribution in [0, 0.1) is 5.92 Å². The van der Waals surface area contributed by atoms with Crippen LogP contribution in [-0.2, 0) is 11.3 Å². The van der Waals surface area contributed by atoms with Gasteiger partial charge >= 0.3 is 0 Å². The zero-order valence-electron chi connectivity index (χ0n) is 12.6. The van der Waals surface area contributed by atoms with Crippen LogP contribution in [0.2, 0.25) is 0 Å². The molecule has 0 radical (unpaired) electrons. The maximum atomic E-state index is 5.83. The summed E-state index contributed by atoms with van der Waals surface area (Å²) in [6.45, 7) is 6.17. The fourth-order valence-electron chi connectivity index (χ4n) is 2.69. The zero-order chi connectivity index (χ0) is 14.0. The van der Waals surface area contributed by atoms with E-state index in [1.54, 1.807) is 0 Å². The molecule has 0 bridgehead atoms. The van der Waals surface area contributed by atoms with Crippen LogP contribution in [0.4, 0.5) is 0 Å². The fourth-order valence-corrected chi connectivity index (χ4v) is 2.69. The highest BCUT2D eigenvalue weighted by molar-refractivity contribution is 5.33. The van der Waals surface area contributed by atoms with Crippen molar-refractivity contribution >= 4 is 0 Å². The van der Waals surface area contributed by atoms with E-state index in [-0.39, 0.29) is 0 Å². The minimum Gasteiger partial charge on any atom is -0.491 e. The number of para-hydroxylation sites is 1. The van der Waals surface area contributed by atoms with Gasteiger partial charge in [0.25, 0.3) is 0 Å². The van der Waals surface area contributed by atoms with Crippen LogP contribution in [0.25, 0.3) is 0 Å². The van der Waals surface area contributed by atoms with Gasteiger partial charge in [-0.1, -0.05) is 38.0 Å². The standard InChI is InChI=1S/C17H27NO2/c1-2-18-13-16-9-5-6-10-17(16)20-12-11-19-14-15-7-3-4-8-15/h5-6,9-10,15,18H,2-4,7-8,11-14H2,1H3. The molecule has 1 aromatic carbocycles. The molecule has 0 amide bonds. The Bertz CT molecular complexity index is 375. The van der Waals surface area contributed by atoms with Crippen LogP contribution in [0.5, 0.6) is 5.75 Å². The smallest absolute Gasteiger partial charge is 0.123 e. The van der Waals surface area contributed by atoms with Crippen LogP contribution in [0.1, 0.15) is 38.2 Å². The number of ether oxygens (including phenoxy) is 2. The number of nitrogens with one attached hydrogen (secondary N) is 1. The van der Waals surface area contributed by atoms with Gasteiger partial charge in [-0.2, -0.15) is 0 Å². The number of rotatable bonds is 9. The molecule has 20 heavy (non-hydrogen) atoms. The average Bonchev–Trinajstić information content (AvgIpc) is 2.99. The van der Waals surface area contributed by atoms with E-state index in [9.17, 15) is 0 Å². The van der Waals surface area contributed by atoms with Crippen molar-refractivity contribution in [2.75, 3.05) is 26.4 Å². The van der Waals surface area contributed by atoms with E-state index in [4.69, 9.17) is 9.47 Å². The van der Waals surface area contributed by atoms with Gasteiger partial charge < -0.3 is 14.8 Å². The first-order valence-electron chi connectivity index (χ1n) is 7.89. The molecule has 0 saturated heterocycles. The van der Waals surface area contributed by atoms with Gasteiger partial charge in [0.1, 0.15) is 12.4 Å². The van der Waals surface area contributed by atoms with Crippen molar-refractivity contribution in [2.24, 2.45) is 5.92 Å². The molecule has 1 aliphatic rings. The summed E-state index contributed by atoms with van der Waals surface area (Å²) in [5.74, 6) is 1.76. The van der Waals surface area contributed by atoms with Crippen LogP contribution in [0.3, 0.4) is 0 Å². The number of hydrogen-bond acceptors (Lipinski definition) is 3. The molecule has 0 unspecified atom stereocenters. The molecule has 2 rings (SSSR count). The highest BCUT2D eigenvalue weighted by Crippen LogP contribution is 2.24. The Morgan fingerprint density at radius 3 is 2.75 bits per heavy atom. The number of benzene rings is 1. The Morgan fingerprint density at radius 1 is 1.15 bits per heavy atom. The maximum Gasteiger partial charge on any atom is 0.123 e. The lowest BCUT2D eigenvalue weighted by molar-refractivity contribution is 0.0751. The molecular formula is C17H27NO2. The summed E-state index contributed by atoms with van der Waals surface area (Å²) in [6, 6.07) is 8.21. The summed E-state index contributed by atoms with van der Waals surface area (Å²) >= 11 is 0. The second-order valence-corrected chi connectivity index (χ2v) is 5.46. The third kappa shape index (κ3) is 5.14. The molecule has 0 spiro atoms. The molecule has 1 aromatic rings. The zero-order valence-corrected chi connectivity index (χ0v) is 12.6. The van der Waals surface area contributed by atoms with Gasteiger partial charge in [0.2, 0.25) is 0 Å². The molecule has 1 saturated carbocycles. The molecule has 0 aliphatic heterocycles. The van der Waals surface area contributed by atoms with Gasteiger partial charge in [-0.25, -0.2) is 0 Å². The summed E-state index contributed by atoms with van der Waals surface area (Å²) < 4.78 is 11.6. The summed E-state index contributed by atoms with van der Waals surface area (Å²) in [5, 5.41) is 3.33. The van der Waals surface area contributed by atoms with Gasteiger partial charge in [-0.3, -0.25) is 0 Å². The minimum atomic E-state index is 0.635. The van der Waals surface area contributed by atoms with Gasteiger partial charge in [0.05, 0.1) is 6.61 Å². The minimum absolute atomic E-state index is 0.635. The Morgan fingerprint density at radius 2 is 1.95 bits per heavy atom. The predicted molar refractivity (Wildman–Crippen MR) is 82.1 cm³/mol. The summed E-state index contributed by atoms with van der Waals surface area (Å²) in [7, 11) is 0. The molecule has 0 aromatic heterocycles. The lowest BCUT2D eigenvalue weighted by Gasteiger charge is -2.13. The first-order chi connectivity index (χ1) is 9.90. The van der Waals surface area contributed by atoms with Crippen molar-refractivity contribution in [1.82, 2.24) is 5.32 Å². The van der Waals surface area contributed by atoms with Gasteiger partial charge in [-0.05, 0) is 31.4 Å². The normalized spacial score (nSPS) is 15.7. The quantitative estimate of drug-likeness (QED) is 0.702. The predicted octanol–water partition coefficient (Wildman–Crippen LogP) is 3.38. The van der Waals surface area contributed by atoms with E-state index < -0.39 is 0 Å². The third-order valence-corrected chi connectivity index (χ3v) is 3.85. The topological polar surface area (TPSA) is 30.5 Å². The fraction of sp³-hybridized carbons (Fsp3) is 0.647. The van der Waals surface area contributed by atoms with Crippen LogP contribution < -0.4 is 10.1 Å². The van der Waals surface area contributed by atoms with E-state index >= 15 is 0 Å². The second-order valence-electron chi connectivity index (χ2n) is 5.46. The maximum absolute atomic E-state index is 5.83. The van der Waals surface area contributed by atoms with E-state index in [0.29, 0.717) is 13.2 Å². The Hall–Kier alpha value is -1.06. The number of hydrogen-bond donors (Lipinski definition) is 1. The average molecular weight is 277 g/mol. The molecule has 1 aliphatic carbocycles. The summed E-state index contributed by atoms with van der Waals surface area (Å²) in [5.41, 5.74) is 1.21. The monoisotopic (exact) mass is 277 g/mol. The third-order valence-electron chi connectivity index (χ3n) is 3.85. The first-order valence-corrected chi connectivity index (χ1v) is 7.89. The molecule has 3 heteroatoms. The molecular weight excluding hydrogens is 250 g/mol.